The van der Waals surface area contributed by atoms with Crippen molar-refractivity contribution in [2.24, 2.45) is 5.41 Å². The van der Waals surface area contributed by atoms with Crippen molar-refractivity contribution in [1.29, 1.82) is 0 Å². The number of aliphatic hydroxyl groups excluding tert-OH is 1. The first-order valence-electron chi connectivity index (χ1n) is 6.22. The molecule has 1 aliphatic carbocycles. The number of hydrogen-bond donors (Lipinski definition) is 1. The quantitative estimate of drug-likeness (QED) is 0.844. The van der Waals surface area contributed by atoms with Crippen molar-refractivity contribution in [3.05, 3.63) is 27.8 Å². The zero-order valence-electron chi connectivity index (χ0n) is 10.3. The molecule has 1 aliphatic rings. The third-order valence-corrected chi connectivity index (χ3v) is 4.80. The molecule has 17 heavy (non-hydrogen) atoms. The lowest BCUT2D eigenvalue weighted by Crippen LogP contribution is -2.59. The van der Waals surface area contributed by atoms with Crippen LogP contribution in [0.3, 0.4) is 0 Å². The van der Waals surface area contributed by atoms with Crippen LogP contribution in [0, 0.1) is 8.99 Å². The molecule has 1 N–H and O–H groups in total. The van der Waals surface area contributed by atoms with Crippen molar-refractivity contribution in [2.75, 3.05) is 0 Å². The maximum Gasteiger partial charge on any atom is 0.120 e. The Morgan fingerprint density at radius 2 is 2.12 bits per heavy atom. The van der Waals surface area contributed by atoms with Crippen molar-refractivity contribution in [1.82, 2.24) is 0 Å². The summed E-state index contributed by atoms with van der Waals surface area (Å²) < 4.78 is 7.21. The summed E-state index contributed by atoms with van der Waals surface area (Å²) in [6, 6.07) is 8.09. The van der Waals surface area contributed by atoms with Crippen molar-refractivity contribution < 1.29 is 9.84 Å². The molecular formula is C14H19IO2. The van der Waals surface area contributed by atoms with Crippen molar-refractivity contribution in [2.45, 2.75) is 45.3 Å². The molecule has 3 heteroatoms. The van der Waals surface area contributed by atoms with E-state index in [2.05, 4.69) is 42.5 Å². The predicted molar refractivity (Wildman–Crippen MR) is 77.2 cm³/mol. The van der Waals surface area contributed by atoms with E-state index < -0.39 is 0 Å². The van der Waals surface area contributed by atoms with Gasteiger partial charge < -0.3 is 9.84 Å². The van der Waals surface area contributed by atoms with Gasteiger partial charge in [-0.05, 0) is 53.6 Å². The minimum Gasteiger partial charge on any atom is -0.490 e. The first-order chi connectivity index (χ1) is 8.12. The SMILES string of the molecule is CCC1(CC)C(O)CC1Oc1cccc(I)c1. The highest BCUT2D eigenvalue weighted by Gasteiger charge is 2.53. The van der Waals surface area contributed by atoms with Gasteiger partial charge >= 0.3 is 0 Å². The Morgan fingerprint density at radius 1 is 1.41 bits per heavy atom. The van der Waals surface area contributed by atoms with Gasteiger partial charge in [-0.15, -0.1) is 0 Å². The Bertz CT molecular complexity index is 388. The van der Waals surface area contributed by atoms with E-state index in [-0.39, 0.29) is 17.6 Å². The van der Waals surface area contributed by atoms with Crippen LogP contribution in [0.2, 0.25) is 0 Å². The van der Waals surface area contributed by atoms with Crippen LogP contribution < -0.4 is 4.74 Å². The van der Waals surface area contributed by atoms with E-state index in [9.17, 15) is 5.11 Å². The lowest BCUT2D eigenvalue weighted by atomic mass is 9.60. The fourth-order valence-electron chi connectivity index (χ4n) is 2.77. The summed E-state index contributed by atoms with van der Waals surface area (Å²) in [5, 5.41) is 9.98. The Kier molecular flexibility index (Phi) is 3.98. The lowest BCUT2D eigenvalue weighted by Gasteiger charge is -2.52. The highest BCUT2D eigenvalue weighted by molar-refractivity contribution is 14.1. The summed E-state index contributed by atoms with van der Waals surface area (Å²) in [5.41, 5.74) is -0.0404. The summed E-state index contributed by atoms with van der Waals surface area (Å²) in [4.78, 5) is 0. The highest BCUT2D eigenvalue weighted by Crippen LogP contribution is 2.48. The maximum atomic E-state index is 9.98. The lowest BCUT2D eigenvalue weighted by molar-refractivity contribution is -0.159. The van der Waals surface area contributed by atoms with Crippen LogP contribution in [-0.4, -0.2) is 17.3 Å². The largest absolute Gasteiger partial charge is 0.490 e. The van der Waals surface area contributed by atoms with Gasteiger partial charge in [-0.1, -0.05) is 19.9 Å². The van der Waals surface area contributed by atoms with Gasteiger partial charge in [0.25, 0.3) is 0 Å². The molecule has 0 heterocycles. The minimum atomic E-state index is -0.203. The zero-order chi connectivity index (χ0) is 12.5. The molecule has 2 rings (SSSR count). The van der Waals surface area contributed by atoms with Crippen LogP contribution in [-0.2, 0) is 0 Å². The summed E-state index contributed by atoms with van der Waals surface area (Å²) in [6.45, 7) is 4.27. The Morgan fingerprint density at radius 3 is 2.65 bits per heavy atom. The van der Waals surface area contributed by atoms with E-state index in [4.69, 9.17) is 4.74 Å². The van der Waals surface area contributed by atoms with Crippen LogP contribution in [0.5, 0.6) is 5.75 Å². The number of benzene rings is 1. The van der Waals surface area contributed by atoms with Gasteiger partial charge in [0, 0.05) is 15.4 Å². The molecule has 2 unspecified atom stereocenters. The van der Waals surface area contributed by atoms with Crippen molar-refractivity contribution in [3.8, 4) is 5.75 Å². The molecule has 2 nitrogen and oxygen atoms in total. The topological polar surface area (TPSA) is 29.5 Å². The Balaban J connectivity index is 2.10. The fraction of sp³-hybridized carbons (Fsp3) is 0.571. The number of halogens is 1. The molecule has 0 spiro atoms. The molecule has 94 valence electrons. The van der Waals surface area contributed by atoms with Crippen LogP contribution >= 0.6 is 22.6 Å². The molecule has 0 aromatic heterocycles. The zero-order valence-corrected chi connectivity index (χ0v) is 12.5. The number of ether oxygens (including phenoxy) is 1. The van der Waals surface area contributed by atoms with Gasteiger partial charge in [-0.25, -0.2) is 0 Å². The first kappa shape index (κ1) is 13.1. The molecule has 0 bridgehead atoms. The minimum absolute atomic E-state index is 0.0404. The molecule has 0 saturated heterocycles. The number of hydrogen-bond acceptors (Lipinski definition) is 2. The van der Waals surface area contributed by atoms with E-state index in [1.54, 1.807) is 0 Å². The molecule has 1 aromatic rings. The molecule has 0 radical (unpaired) electrons. The molecule has 1 aromatic carbocycles. The van der Waals surface area contributed by atoms with E-state index in [0.29, 0.717) is 0 Å². The van der Waals surface area contributed by atoms with Crippen LogP contribution in [0.25, 0.3) is 0 Å². The molecule has 1 saturated carbocycles. The van der Waals surface area contributed by atoms with Crippen molar-refractivity contribution >= 4 is 22.6 Å². The van der Waals surface area contributed by atoms with E-state index in [1.807, 2.05) is 18.2 Å². The fourth-order valence-corrected chi connectivity index (χ4v) is 3.29. The molecule has 1 fully saturated rings. The van der Waals surface area contributed by atoms with Gasteiger partial charge in [0.1, 0.15) is 11.9 Å². The van der Waals surface area contributed by atoms with Gasteiger partial charge in [0.15, 0.2) is 0 Å². The van der Waals surface area contributed by atoms with E-state index in [1.165, 1.54) is 3.57 Å². The predicted octanol–water partition coefficient (Wildman–Crippen LogP) is 3.61. The Labute approximate surface area is 117 Å². The van der Waals surface area contributed by atoms with Gasteiger partial charge in [-0.3, -0.25) is 0 Å². The molecule has 0 aliphatic heterocycles. The standard InChI is InChI=1S/C14H19IO2/c1-3-14(4-2)12(16)9-13(14)17-11-7-5-6-10(15)8-11/h5-8,12-13,16H,3-4,9H2,1-2H3. The average Bonchev–Trinajstić information content (AvgIpc) is 2.30. The number of rotatable bonds is 4. The first-order valence-corrected chi connectivity index (χ1v) is 7.30. The van der Waals surface area contributed by atoms with E-state index in [0.717, 1.165) is 25.0 Å². The maximum absolute atomic E-state index is 9.98. The smallest absolute Gasteiger partial charge is 0.120 e. The third-order valence-electron chi connectivity index (χ3n) is 4.13. The second-order valence-corrected chi connectivity index (χ2v) is 6.00. The molecule has 2 atom stereocenters. The monoisotopic (exact) mass is 346 g/mol. The molecule has 0 amide bonds. The Hall–Kier alpha value is -0.290. The second kappa shape index (κ2) is 5.14. The third kappa shape index (κ3) is 2.32. The highest BCUT2D eigenvalue weighted by atomic mass is 127. The normalized spacial score (nSPS) is 26.4. The van der Waals surface area contributed by atoms with Gasteiger partial charge in [-0.2, -0.15) is 0 Å². The average molecular weight is 346 g/mol. The molecular weight excluding hydrogens is 327 g/mol. The van der Waals surface area contributed by atoms with Gasteiger partial charge in [0.2, 0.25) is 0 Å². The second-order valence-electron chi connectivity index (χ2n) is 4.76. The van der Waals surface area contributed by atoms with Crippen molar-refractivity contribution in [3.63, 3.8) is 0 Å². The summed E-state index contributed by atoms with van der Waals surface area (Å²) in [5.74, 6) is 0.917. The summed E-state index contributed by atoms with van der Waals surface area (Å²) in [6.07, 6.45) is 2.65. The summed E-state index contributed by atoms with van der Waals surface area (Å²) >= 11 is 2.28. The van der Waals surface area contributed by atoms with Crippen LogP contribution in [0.1, 0.15) is 33.1 Å². The number of aliphatic hydroxyl groups is 1. The van der Waals surface area contributed by atoms with Crippen LogP contribution in [0.4, 0.5) is 0 Å². The van der Waals surface area contributed by atoms with Crippen LogP contribution in [0.15, 0.2) is 24.3 Å². The van der Waals surface area contributed by atoms with E-state index >= 15 is 0 Å². The summed E-state index contributed by atoms with van der Waals surface area (Å²) in [7, 11) is 0. The van der Waals surface area contributed by atoms with Gasteiger partial charge in [0.05, 0.1) is 6.10 Å².